The van der Waals surface area contributed by atoms with Crippen LogP contribution in [0.5, 0.6) is 0 Å². The minimum Gasteiger partial charge on any atom is -0.369 e. The Kier molecular flexibility index (Phi) is 7.79. The van der Waals surface area contributed by atoms with Gasteiger partial charge in [0.25, 0.3) is 0 Å². The topological polar surface area (TPSA) is 68.7 Å². The summed E-state index contributed by atoms with van der Waals surface area (Å²) < 4.78 is 0. The molecule has 0 heterocycles. The first-order valence-corrected chi connectivity index (χ1v) is 7.49. The van der Waals surface area contributed by atoms with E-state index in [9.17, 15) is 0 Å². The van der Waals surface area contributed by atoms with Crippen molar-refractivity contribution in [2.45, 2.75) is 13.1 Å². The van der Waals surface area contributed by atoms with E-state index >= 15 is 0 Å². The predicted octanol–water partition coefficient (Wildman–Crippen LogP) is 2.92. The van der Waals surface area contributed by atoms with E-state index in [0.717, 1.165) is 11.1 Å². The third-order valence-electron chi connectivity index (χ3n) is 3.50. The van der Waals surface area contributed by atoms with Crippen molar-refractivity contribution in [3.05, 3.63) is 71.8 Å². The normalized spacial score (nSPS) is 10.7. The summed E-state index contributed by atoms with van der Waals surface area (Å²) in [6.07, 6.45) is 0. The van der Waals surface area contributed by atoms with Crippen molar-refractivity contribution in [1.29, 1.82) is 5.41 Å². The van der Waals surface area contributed by atoms with Gasteiger partial charge in [-0.2, -0.15) is 4.99 Å². The van der Waals surface area contributed by atoms with E-state index in [-0.39, 0.29) is 18.4 Å². The number of aliphatic imine (C=N–C) groups is 1. The second kappa shape index (κ2) is 9.57. The molecule has 0 spiro atoms. The second-order valence-corrected chi connectivity index (χ2v) is 5.48. The minimum atomic E-state index is 0. The van der Waals surface area contributed by atoms with Crippen LogP contribution in [0.4, 0.5) is 0 Å². The monoisotopic (exact) mass is 345 g/mol. The molecule has 0 bridgehead atoms. The van der Waals surface area contributed by atoms with Gasteiger partial charge in [0.1, 0.15) is 0 Å². The van der Waals surface area contributed by atoms with Gasteiger partial charge in [-0.25, -0.2) is 0 Å². The maximum absolute atomic E-state index is 8.08. The fourth-order valence-corrected chi connectivity index (χ4v) is 2.15. The lowest BCUT2D eigenvalue weighted by molar-refractivity contribution is 0.478. The van der Waals surface area contributed by atoms with Gasteiger partial charge in [0.2, 0.25) is 5.96 Å². The van der Waals surface area contributed by atoms with Crippen molar-refractivity contribution >= 4 is 24.3 Å². The van der Waals surface area contributed by atoms with Crippen LogP contribution in [0.3, 0.4) is 0 Å². The molecule has 0 fully saturated rings. The van der Waals surface area contributed by atoms with Crippen molar-refractivity contribution in [2.75, 3.05) is 14.1 Å². The third-order valence-corrected chi connectivity index (χ3v) is 3.50. The molecule has 24 heavy (non-hydrogen) atoms. The van der Waals surface area contributed by atoms with Crippen LogP contribution < -0.4 is 5.73 Å². The van der Waals surface area contributed by atoms with Crippen molar-refractivity contribution < 1.29 is 0 Å². The molecule has 0 unspecified atom stereocenters. The highest BCUT2D eigenvalue weighted by Gasteiger charge is 2.08. The highest BCUT2D eigenvalue weighted by molar-refractivity contribution is 5.92. The van der Waals surface area contributed by atoms with Gasteiger partial charge >= 0.3 is 0 Å². The molecule has 2 rings (SSSR count). The van der Waals surface area contributed by atoms with E-state index < -0.39 is 0 Å². The zero-order valence-corrected chi connectivity index (χ0v) is 14.8. The predicted molar refractivity (Wildman–Crippen MR) is 102 cm³/mol. The molecule has 2 aromatic rings. The summed E-state index contributed by atoms with van der Waals surface area (Å²) in [6, 6.07) is 20.0. The van der Waals surface area contributed by atoms with Crippen LogP contribution in [0.15, 0.2) is 65.7 Å². The van der Waals surface area contributed by atoms with Gasteiger partial charge in [-0.3, -0.25) is 5.41 Å². The van der Waals surface area contributed by atoms with Gasteiger partial charge in [-0.15, -0.1) is 12.4 Å². The molecular formula is C18H24ClN5. The van der Waals surface area contributed by atoms with Gasteiger partial charge in [-0.05, 0) is 11.1 Å². The van der Waals surface area contributed by atoms with Crippen molar-refractivity contribution in [3.8, 4) is 0 Å². The number of hydrogen-bond donors (Lipinski definition) is 2. The Balaban J connectivity index is 0.00000288. The van der Waals surface area contributed by atoms with E-state index in [1.807, 2.05) is 79.7 Å². The second-order valence-electron chi connectivity index (χ2n) is 5.48. The molecule has 6 heteroatoms. The number of rotatable bonds is 4. The van der Waals surface area contributed by atoms with Crippen LogP contribution >= 0.6 is 12.4 Å². The lowest BCUT2D eigenvalue weighted by Crippen LogP contribution is -2.36. The lowest BCUT2D eigenvalue weighted by Gasteiger charge is -2.21. The summed E-state index contributed by atoms with van der Waals surface area (Å²) in [6.45, 7) is 1.28. The van der Waals surface area contributed by atoms with E-state index in [4.69, 9.17) is 11.1 Å². The average Bonchev–Trinajstić information content (AvgIpc) is 2.56. The maximum Gasteiger partial charge on any atom is 0.221 e. The molecule has 3 N–H and O–H groups in total. The largest absolute Gasteiger partial charge is 0.369 e. The zero-order chi connectivity index (χ0) is 16.7. The van der Waals surface area contributed by atoms with Crippen LogP contribution in [-0.2, 0) is 13.1 Å². The molecule has 0 aromatic heterocycles. The molecule has 0 aliphatic carbocycles. The third kappa shape index (κ3) is 5.93. The molecule has 0 radical (unpaired) electrons. The number of benzene rings is 2. The molecule has 0 atom stereocenters. The van der Waals surface area contributed by atoms with Gasteiger partial charge in [0.15, 0.2) is 5.96 Å². The Morgan fingerprint density at radius 2 is 1.29 bits per heavy atom. The summed E-state index contributed by atoms with van der Waals surface area (Å²) in [5.41, 5.74) is 8.29. The molecule has 0 amide bonds. The quantitative estimate of drug-likeness (QED) is 0.661. The molecule has 0 saturated heterocycles. The summed E-state index contributed by atoms with van der Waals surface area (Å²) in [7, 11) is 3.71. The van der Waals surface area contributed by atoms with Crippen LogP contribution in [0.1, 0.15) is 11.1 Å². The minimum absolute atomic E-state index is 0. The van der Waals surface area contributed by atoms with Gasteiger partial charge < -0.3 is 15.5 Å². The number of nitrogens with one attached hydrogen (secondary N) is 1. The van der Waals surface area contributed by atoms with Crippen LogP contribution in [0.2, 0.25) is 0 Å². The summed E-state index contributed by atoms with van der Waals surface area (Å²) in [4.78, 5) is 7.79. The Hall–Kier alpha value is -2.53. The van der Waals surface area contributed by atoms with Crippen LogP contribution in [-0.4, -0.2) is 35.8 Å². The molecule has 5 nitrogen and oxygen atoms in total. The average molecular weight is 346 g/mol. The fraction of sp³-hybridized carbons (Fsp3) is 0.222. The molecule has 0 saturated carbocycles. The van der Waals surface area contributed by atoms with Crippen molar-refractivity contribution in [1.82, 2.24) is 9.80 Å². The standard InChI is InChI=1S/C18H23N5.ClH/c1-22(13-15-9-5-3-6-10-15)17(19)21-18(20)23(2)14-16-11-7-4-8-12-16;/h3-12H,13-14H2,1-2H3,(H3,19,20,21);1H. The van der Waals surface area contributed by atoms with E-state index in [2.05, 4.69) is 4.99 Å². The first-order valence-electron chi connectivity index (χ1n) is 7.49. The zero-order valence-electron chi connectivity index (χ0n) is 14.0. The summed E-state index contributed by atoms with van der Waals surface area (Å²) >= 11 is 0. The molecule has 2 aromatic carbocycles. The van der Waals surface area contributed by atoms with E-state index in [0.29, 0.717) is 19.0 Å². The highest BCUT2D eigenvalue weighted by Crippen LogP contribution is 2.05. The number of hydrogen-bond acceptors (Lipinski definition) is 1. The van der Waals surface area contributed by atoms with Crippen LogP contribution in [0.25, 0.3) is 0 Å². The van der Waals surface area contributed by atoms with Crippen LogP contribution in [0, 0.1) is 5.41 Å². The number of nitrogens with zero attached hydrogens (tertiary/aromatic N) is 3. The van der Waals surface area contributed by atoms with Crippen molar-refractivity contribution in [3.63, 3.8) is 0 Å². The summed E-state index contributed by atoms with van der Waals surface area (Å²) in [5, 5.41) is 8.08. The van der Waals surface area contributed by atoms with Gasteiger partial charge in [0, 0.05) is 27.2 Å². The Morgan fingerprint density at radius 3 is 1.75 bits per heavy atom. The van der Waals surface area contributed by atoms with Gasteiger partial charge in [0.05, 0.1) is 0 Å². The Labute approximate surface area is 149 Å². The highest BCUT2D eigenvalue weighted by atomic mass is 35.5. The van der Waals surface area contributed by atoms with E-state index in [1.165, 1.54) is 0 Å². The molecular weight excluding hydrogens is 322 g/mol. The Bertz CT molecular complexity index is 658. The fourth-order valence-electron chi connectivity index (χ4n) is 2.15. The smallest absolute Gasteiger partial charge is 0.221 e. The summed E-state index contributed by atoms with van der Waals surface area (Å²) in [5.74, 6) is 0.477. The first kappa shape index (κ1) is 19.5. The molecule has 128 valence electrons. The van der Waals surface area contributed by atoms with Crippen molar-refractivity contribution in [2.24, 2.45) is 10.7 Å². The molecule has 0 aliphatic rings. The number of guanidine groups is 2. The number of nitrogens with two attached hydrogens (primary N) is 1. The first-order chi connectivity index (χ1) is 11.1. The van der Waals surface area contributed by atoms with E-state index in [1.54, 1.807) is 4.90 Å². The Morgan fingerprint density at radius 1 is 0.875 bits per heavy atom. The maximum atomic E-state index is 8.08. The lowest BCUT2D eigenvalue weighted by atomic mass is 10.2. The van der Waals surface area contributed by atoms with Gasteiger partial charge in [-0.1, -0.05) is 60.7 Å². The SMILES string of the molecule is CN(Cc1ccccc1)C(=N)N=C(N)N(C)Cc1ccccc1.Cl. The molecule has 0 aliphatic heterocycles. The number of halogens is 1.